The topological polar surface area (TPSA) is 101 Å². The molecule has 0 radical (unpaired) electrons. The van der Waals surface area contributed by atoms with Crippen molar-refractivity contribution < 1.29 is 17.9 Å². The van der Waals surface area contributed by atoms with Crippen molar-refractivity contribution in [2.45, 2.75) is 11.8 Å². The lowest BCUT2D eigenvalue weighted by molar-refractivity contribution is -0.114. The van der Waals surface area contributed by atoms with Gasteiger partial charge in [-0.05, 0) is 55.5 Å². The van der Waals surface area contributed by atoms with Crippen LogP contribution in [0.4, 0.5) is 10.8 Å². The van der Waals surface area contributed by atoms with Gasteiger partial charge in [0.15, 0.2) is 0 Å². The molecule has 4 rings (SSSR count). The number of benzene rings is 3. The molecule has 0 aliphatic rings. The third kappa shape index (κ3) is 5.62. The number of aromatic nitrogens is 2. The van der Waals surface area contributed by atoms with Crippen LogP contribution < -0.4 is 14.4 Å². The molecule has 0 unspecified atom stereocenters. The number of aryl methyl sites for hydroxylation is 1. The van der Waals surface area contributed by atoms with Gasteiger partial charge in [0.05, 0.1) is 27.7 Å². The number of rotatable bonds is 8. The monoisotopic (exact) mass is 562 g/mol. The van der Waals surface area contributed by atoms with Crippen LogP contribution in [0.25, 0.3) is 10.6 Å². The quantitative estimate of drug-likeness (QED) is 0.297. The van der Waals surface area contributed by atoms with E-state index in [1.807, 2.05) is 19.1 Å². The first-order chi connectivity index (χ1) is 17.2. The SMILES string of the molecule is COc1ccc(-c2nnc(NC(=O)CN(c3cccc(Cl)c3Cl)S(=O)(=O)c3ccc(C)cc3)s2)cc1. The van der Waals surface area contributed by atoms with Gasteiger partial charge in [-0.3, -0.25) is 14.4 Å². The molecule has 0 fully saturated rings. The Kier molecular flexibility index (Phi) is 7.79. The molecule has 0 atom stereocenters. The summed E-state index contributed by atoms with van der Waals surface area (Å²) in [5.74, 6) is 0.0745. The molecule has 8 nitrogen and oxygen atoms in total. The fourth-order valence-corrected chi connectivity index (χ4v) is 5.88. The van der Waals surface area contributed by atoms with E-state index >= 15 is 0 Å². The molecule has 1 heterocycles. The highest BCUT2D eigenvalue weighted by atomic mass is 35.5. The second-order valence-corrected chi connectivity index (χ2v) is 11.2. The molecule has 4 aromatic rings. The lowest BCUT2D eigenvalue weighted by atomic mass is 10.2. The highest BCUT2D eigenvalue weighted by Gasteiger charge is 2.29. The average molecular weight is 563 g/mol. The van der Waals surface area contributed by atoms with Crippen molar-refractivity contribution in [1.82, 2.24) is 10.2 Å². The van der Waals surface area contributed by atoms with E-state index in [9.17, 15) is 13.2 Å². The predicted octanol–water partition coefficient (Wildman–Crippen LogP) is 5.66. The lowest BCUT2D eigenvalue weighted by Crippen LogP contribution is -2.38. The van der Waals surface area contributed by atoms with E-state index in [-0.39, 0.29) is 25.8 Å². The minimum Gasteiger partial charge on any atom is -0.497 e. The number of nitrogens with one attached hydrogen (secondary N) is 1. The number of anilines is 2. The Balaban J connectivity index is 1.60. The van der Waals surface area contributed by atoms with Crippen LogP contribution in [0.15, 0.2) is 71.6 Å². The first-order valence-corrected chi connectivity index (χ1v) is 13.5. The zero-order chi connectivity index (χ0) is 25.9. The second kappa shape index (κ2) is 10.8. The lowest BCUT2D eigenvalue weighted by Gasteiger charge is -2.25. The highest BCUT2D eigenvalue weighted by Crippen LogP contribution is 2.35. The van der Waals surface area contributed by atoms with Gasteiger partial charge < -0.3 is 4.74 Å². The van der Waals surface area contributed by atoms with Crippen LogP contribution in [-0.4, -0.2) is 38.2 Å². The summed E-state index contributed by atoms with van der Waals surface area (Å²) >= 11 is 13.6. The van der Waals surface area contributed by atoms with E-state index in [1.54, 1.807) is 37.4 Å². The number of amides is 1. The number of ether oxygens (including phenoxy) is 1. The zero-order valence-electron chi connectivity index (χ0n) is 19.1. The number of hydrogen-bond acceptors (Lipinski definition) is 7. The number of sulfonamides is 1. The largest absolute Gasteiger partial charge is 0.497 e. The van der Waals surface area contributed by atoms with Crippen LogP contribution in [0.3, 0.4) is 0 Å². The maximum absolute atomic E-state index is 13.5. The molecule has 0 saturated carbocycles. The first-order valence-electron chi connectivity index (χ1n) is 10.5. The molecule has 1 amide bonds. The van der Waals surface area contributed by atoms with Crippen LogP contribution in [0.1, 0.15) is 5.56 Å². The Morgan fingerprint density at radius 2 is 1.72 bits per heavy atom. The first kappa shape index (κ1) is 25.9. The molecule has 0 aliphatic carbocycles. The van der Waals surface area contributed by atoms with E-state index in [0.717, 1.165) is 26.8 Å². The summed E-state index contributed by atoms with van der Waals surface area (Å²) in [6, 6.07) is 18.1. The summed E-state index contributed by atoms with van der Waals surface area (Å²) in [7, 11) is -2.58. The standard InChI is InChI=1S/C24H20Cl2N4O4S2/c1-15-6-12-18(13-7-15)36(32,33)30(20-5-3-4-19(25)22(20)26)14-21(31)27-24-29-28-23(35-24)16-8-10-17(34-2)11-9-16/h3-13H,14H2,1-2H3,(H,27,29,31). The Labute approximate surface area is 222 Å². The van der Waals surface area contributed by atoms with Gasteiger partial charge >= 0.3 is 0 Å². The summed E-state index contributed by atoms with van der Waals surface area (Å²) in [6.07, 6.45) is 0. The van der Waals surface area contributed by atoms with E-state index < -0.39 is 22.5 Å². The molecule has 1 aromatic heterocycles. The van der Waals surface area contributed by atoms with E-state index in [2.05, 4.69) is 15.5 Å². The molecular weight excluding hydrogens is 543 g/mol. The fraction of sp³-hybridized carbons (Fsp3) is 0.125. The van der Waals surface area contributed by atoms with E-state index in [4.69, 9.17) is 27.9 Å². The Hall–Kier alpha value is -3.18. The van der Waals surface area contributed by atoms with Gasteiger partial charge in [-0.15, -0.1) is 10.2 Å². The van der Waals surface area contributed by atoms with Crippen LogP contribution in [0.2, 0.25) is 10.0 Å². The number of halogens is 2. The molecule has 0 aliphatic heterocycles. The van der Waals surface area contributed by atoms with Gasteiger partial charge in [-0.25, -0.2) is 8.42 Å². The van der Waals surface area contributed by atoms with Crippen molar-refractivity contribution >= 4 is 61.3 Å². The van der Waals surface area contributed by atoms with Gasteiger partial charge in [-0.2, -0.15) is 0 Å². The summed E-state index contributed by atoms with van der Waals surface area (Å²) in [5, 5.41) is 11.7. The minimum absolute atomic E-state index is 0.00893. The zero-order valence-corrected chi connectivity index (χ0v) is 22.2. The van der Waals surface area contributed by atoms with Crippen molar-refractivity contribution in [3.63, 3.8) is 0 Å². The predicted molar refractivity (Wildman–Crippen MR) is 143 cm³/mol. The normalized spacial score (nSPS) is 11.2. The smallest absolute Gasteiger partial charge is 0.264 e. The summed E-state index contributed by atoms with van der Waals surface area (Å²) in [6.45, 7) is 1.28. The van der Waals surface area contributed by atoms with Gasteiger partial charge in [-0.1, -0.05) is 58.3 Å². The van der Waals surface area contributed by atoms with Crippen LogP contribution >= 0.6 is 34.5 Å². The van der Waals surface area contributed by atoms with E-state index in [0.29, 0.717) is 10.8 Å². The van der Waals surface area contributed by atoms with Crippen molar-refractivity contribution in [3.05, 3.63) is 82.3 Å². The van der Waals surface area contributed by atoms with Gasteiger partial charge in [0.2, 0.25) is 11.0 Å². The van der Waals surface area contributed by atoms with Crippen molar-refractivity contribution in [2.75, 3.05) is 23.3 Å². The molecule has 186 valence electrons. The number of carbonyl (C=O) groups is 1. The number of hydrogen-bond donors (Lipinski definition) is 1. The van der Waals surface area contributed by atoms with Crippen LogP contribution in [0.5, 0.6) is 5.75 Å². The van der Waals surface area contributed by atoms with Crippen LogP contribution in [0, 0.1) is 6.92 Å². The van der Waals surface area contributed by atoms with Gasteiger partial charge in [0.1, 0.15) is 17.3 Å². The molecular formula is C24H20Cl2N4O4S2. The Morgan fingerprint density at radius 1 is 1.03 bits per heavy atom. The van der Waals surface area contributed by atoms with Crippen molar-refractivity contribution in [2.24, 2.45) is 0 Å². The molecule has 36 heavy (non-hydrogen) atoms. The third-order valence-corrected chi connectivity index (χ3v) is 8.58. The highest BCUT2D eigenvalue weighted by molar-refractivity contribution is 7.92. The molecule has 0 saturated heterocycles. The fourth-order valence-electron chi connectivity index (χ4n) is 3.24. The van der Waals surface area contributed by atoms with E-state index in [1.165, 1.54) is 24.3 Å². The molecule has 0 spiro atoms. The maximum atomic E-state index is 13.5. The number of methoxy groups -OCH3 is 1. The summed E-state index contributed by atoms with van der Waals surface area (Å²) < 4.78 is 33.2. The Bertz CT molecular complexity index is 1490. The van der Waals surface area contributed by atoms with Crippen molar-refractivity contribution in [1.29, 1.82) is 0 Å². The second-order valence-electron chi connectivity index (χ2n) is 7.59. The molecule has 0 bridgehead atoms. The number of carbonyl (C=O) groups excluding carboxylic acids is 1. The minimum atomic E-state index is -4.16. The molecule has 3 aromatic carbocycles. The number of nitrogens with zero attached hydrogens (tertiary/aromatic N) is 3. The van der Waals surface area contributed by atoms with Gasteiger partial charge in [0, 0.05) is 5.56 Å². The van der Waals surface area contributed by atoms with Crippen LogP contribution in [-0.2, 0) is 14.8 Å². The molecule has 1 N–H and O–H groups in total. The Morgan fingerprint density at radius 3 is 2.39 bits per heavy atom. The third-order valence-electron chi connectivity index (χ3n) is 5.10. The summed E-state index contributed by atoms with van der Waals surface area (Å²) in [4.78, 5) is 13.0. The maximum Gasteiger partial charge on any atom is 0.264 e. The van der Waals surface area contributed by atoms with Gasteiger partial charge in [0.25, 0.3) is 10.0 Å². The molecule has 12 heteroatoms. The van der Waals surface area contributed by atoms with Crippen molar-refractivity contribution in [3.8, 4) is 16.3 Å². The summed E-state index contributed by atoms with van der Waals surface area (Å²) in [5.41, 5.74) is 1.77. The average Bonchev–Trinajstić information content (AvgIpc) is 3.33.